The van der Waals surface area contributed by atoms with Crippen LogP contribution in [0.25, 0.3) is 0 Å². The van der Waals surface area contributed by atoms with Crippen molar-refractivity contribution in [2.45, 2.75) is 71.1 Å². The number of aliphatic carboxylic acids is 1. The molecule has 4 nitrogen and oxygen atoms in total. The Bertz CT molecular complexity index is 521. The van der Waals surface area contributed by atoms with Gasteiger partial charge in [0.05, 0.1) is 0 Å². The van der Waals surface area contributed by atoms with Crippen molar-refractivity contribution in [1.29, 1.82) is 0 Å². The predicted molar refractivity (Wildman–Crippen MR) is 93.4 cm³/mol. The number of Topliss-reactive ketones (excluding diaryl/α,β-unsaturated/α-hetero) is 1. The number of unbranched alkanes of at least 4 members (excludes halogenated alkanes) is 3. The van der Waals surface area contributed by atoms with Crippen molar-refractivity contribution >= 4 is 17.5 Å². The Balaban J connectivity index is 2.41. The second kappa shape index (κ2) is 11.6. The fourth-order valence-corrected chi connectivity index (χ4v) is 2.89. The van der Waals surface area contributed by atoms with Crippen molar-refractivity contribution in [3.63, 3.8) is 0 Å². The quantitative estimate of drug-likeness (QED) is 0.374. The first kappa shape index (κ1) is 20.2. The van der Waals surface area contributed by atoms with Crippen molar-refractivity contribution in [2.24, 2.45) is 11.8 Å². The molecule has 0 aromatic carbocycles. The third-order valence-corrected chi connectivity index (χ3v) is 4.35. The summed E-state index contributed by atoms with van der Waals surface area (Å²) in [5.74, 6) is 5.51. The summed E-state index contributed by atoms with van der Waals surface area (Å²) in [5, 5.41) is 8.56. The third-order valence-electron chi connectivity index (χ3n) is 4.35. The average Bonchev–Trinajstić information content (AvgIpc) is 2.89. The fourth-order valence-electron chi connectivity index (χ4n) is 2.89. The summed E-state index contributed by atoms with van der Waals surface area (Å²) in [7, 11) is 0. The van der Waals surface area contributed by atoms with E-state index in [1.165, 1.54) is 0 Å². The molecule has 0 aromatic rings. The minimum absolute atomic E-state index is 0.112. The first-order valence-electron chi connectivity index (χ1n) is 8.95. The van der Waals surface area contributed by atoms with E-state index >= 15 is 0 Å². The number of allylic oxidation sites excluding steroid dienone is 2. The standard InChI is InChI=1S/C20H28O4/c1-2-3-6-9-17(21)14-12-16-13-15-19(22)18(16)10-7-4-5-8-11-20(23)24/h12,14,16,18H,2-3,5-6,8-11,13,15H2,1H3,(H,23,24). The molecule has 1 fully saturated rings. The maximum absolute atomic E-state index is 12.0. The molecule has 0 saturated heterocycles. The predicted octanol–water partition coefficient (Wildman–Crippen LogP) is 3.94. The molecule has 1 rings (SSSR count). The Morgan fingerprint density at radius 3 is 2.71 bits per heavy atom. The third kappa shape index (κ3) is 8.10. The van der Waals surface area contributed by atoms with Crippen LogP contribution in [0.15, 0.2) is 12.2 Å². The molecule has 0 aromatic heterocycles. The average molecular weight is 332 g/mol. The van der Waals surface area contributed by atoms with Crippen LogP contribution in [0.1, 0.15) is 71.1 Å². The lowest BCUT2D eigenvalue weighted by Crippen LogP contribution is -2.12. The highest BCUT2D eigenvalue weighted by Gasteiger charge is 2.32. The van der Waals surface area contributed by atoms with Crippen LogP contribution in [-0.4, -0.2) is 22.6 Å². The topological polar surface area (TPSA) is 71.4 Å². The highest BCUT2D eigenvalue weighted by atomic mass is 16.4. The molecule has 0 heterocycles. The number of carboxylic acid groups (broad SMARTS) is 1. The number of carbonyl (C=O) groups is 3. The SMILES string of the molecule is CCCCCC(=O)C=CC1CCC(=O)C1CC#CCCCC(=O)O. The second-order valence-electron chi connectivity index (χ2n) is 6.36. The van der Waals surface area contributed by atoms with Crippen LogP contribution in [0, 0.1) is 23.7 Å². The number of rotatable bonds is 10. The smallest absolute Gasteiger partial charge is 0.303 e. The Labute approximate surface area is 144 Å². The molecule has 2 unspecified atom stereocenters. The lowest BCUT2D eigenvalue weighted by atomic mass is 9.91. The summed E-state index contributed by atoms with van der Waals surface area (Å²) in [5.41, 5.74) is 0. The molecular formula is C20H28O4. The molecule has 1 aliphatic carbocycles. The van der Waals surface area contributed by atoms with Gasteiger partial charge in [-0.15, -0.1) is 11.8 Å². The molecule has 24 heavy (non-hydrogen) atoms. The van der Waals surface area contributed by atoms with E-state index in [0.29, 0.717) is 32.1 Å². The van der Waals surface area contributed by atoms with Crippen molar-refractivity contribution in [3.05, 3.63) is 12.2 Å². The van der Waals surface area contributed by atoms with Crippen LogP contribution < -0.4 is 0 Å². The van der Waals surface area contributed by atoms with Gasteiger partial charge in [-0.05, 0) is 31.3 Å². The molecule has 4 heteroatoms. The summed E-state index contributed by atoms with van der Waals surface area (Å²) in [6.45, 7) is 2.11. The van der Waals surface area contributed by atoms with E-state index in [1.54, 1.807) is 6.08 Å². The molecule has 0 aliphatic heterocycles. The minimum Gasteiger partial charge on any atom is -0.481 e. The molecule has 0 spiro atoms. The number of hydrogen-bond donors (Lipinski definition) is 1. The van der Waals surface area contributed by atoms with Crippen molar-refractivity contribution in [1.82, 2.24) is 0 Å². The zero-order valence-corrected chi connectivity index (χ0v) is 14.6. The van der Waals surface area contributed by atoms with Crippen LogP contribution in [0.5, 0.6) is 0 Å². The Hall–Kier alpha value is -1.89. The molecule has 1 saturated carbocycles. The van der Waals surface area contributed by atoms with Gasteiger partial charge >= 0.3 is 5.97 Å². The first-order chi connectivity index (χ1) is 11.5. The lowest BCUT2D eigenvalue weighted by molar-refractivity contribution is -0.137. The van der Waals surface area contributed by atoms with Crippen LogP contribution in [0.2, 0.25) is 0 Å². The monoisotopic (exact) mass is 332 g/mol. The molecular weight excluding hydrogens is 304 g/mol. The highest BCUT2D eigenvalue weighted by molar-refractivity contribution is 5.90. The molecule has 0 radical (unpaired) electrons. The van der Waals surface area contributed by atoms with Gasteiger partial charge in [-0.3, -0.25) is 14.4 Å². The van der Waals surface area contributed by atoms with E-state index in [4.69, 9.17) is 5.11 Å². The van der Waals surface area contributed by atoms with Crippen LogP contribution in [0.3, 0.4) is 0 Å². The largest absolute Gasteiger partial charge is 0.481 e. The van der Waals surface area contributed by atoms with Gasteiger partial charge in [-0.25, -0.2) is 0 Å². The van der Waals surface area contributed by atoms with Gasteiger partial charge in [0.1, 0.15) is 5.78 Å². The lowest BCUT2D eigenvalue weighted by Gasteiger charge is -2.11. The summed E-state index contributed by atoms with van der Waals surface area (Å²) in [4.78, 5) is 34.2. The number of hydrogen-bond acceptors (Lipinski definition) is 3. The van der Waals surface area contributed by atoms with E-state index in [-0.39, 0.29) is 29.8 Å². The minimum atomic E-state index is -0.809. The highest BCUT2D eigenvalue weighted by Crippen LogP contribution is 2.32. The van der Waals surface area contributed by atoms with Gasteiger partial charge in [-0.2, -0.15) is 0 Å². The fraction of sp³-hybridized carbons (Fsp3) is 0.650. The van der Waals surface area contributed by atoms with E-state index in [2.05, 4.69) is 18.8 Å². The first-order valence-corrected chi connectivity index (χ1v) is 8.95. The van der Waals surface area contributed by atoms with Gasteiger partial charge in [-0.1, -0.05) is 25.8 Å². The van der Waals surface area contributed by atoms with Gasteiger partial charge < -0.3 is 5.11 Å². The summed E-state index contributed by atoms with van der Waals surface area (Å²) >= 11 is 0. The van der Waals surface area contributed by atoms with Crippen LogP contribution in [0.4, 0.5) is 0 Å². The van der Waals surface area contributed by atoms with Crippen molar-refractivity contribution in [3.8, 4) is 11.8 Å². The molecule has 0 bridgehead atoms. The van der Waals surface area contributed by atoms with Gasteiger partial charge in [0.2, 0.25) is 0 Å². The Kier molecular flexibility index (Phi) is 9.76. The molecule has 132 valence electrons. The van der Waals surface area contributed by atoms with Gasteiger partial charge in [0.15, 0.2) is 5.78 Å². The second-order valence-corrected chi connectivity index (χ2v) is 6.36. The number of carboxylic acids is 1. The normalized spacial score (nSPS) is 20.1. The maximum atomic E-state index is 12.0. The molecule has 1 N–H and O–H groups in total. The van der Waals surface area contributed by atoms with Gasteiger partial charge in [0, 0.05) is 38.0 Å². The maximum Gasteiger partial charge on any atom is 0.303 e. The van der Waals surface area contributed by atoms with Crippen molar-refractivity contribution < 1.29 is 19.5 Å². The summed E-state index contributed by atoms with van der Waals surface area (Å²) < 4.78 is 0. The molecule has 1 aliphatic rings. The van der Waals surface area contributed by atoms with Crippen LogP contribution in [-0.2, 0) is 14.4 Å². The zero-order chi connectivity index (χ0) is 17.8. The summed E-state index contributed by atoms with van der Waals surface area (Å²) in [6, 6.07) is 0. The van der Waals surface area contributed by atoms with E-state index in [1.807, 2.05) is 6.08 Å². The van der Waals surface area contributed by atoms with E-state index in [0.717, 1.165) is 25.7 Å². The Morgan fingerprint density at radius 2 is 2.00 bits per heavy atom. The molecule has 0 amide bonds. The van der Waals surface area contributed by atoms with Crippen LogP contribution >= 0.6 is 0 Å². The Morgan fingerprint density at radius 1 is 1.21 bits per heavy atom. The molecule has 2 atom stereocenters. The van der Waals surface area contributed by atoms with Gasteiger partial charge in [0.25, 0.3) is 0 Å². The van der Waals surface area contributed by atoms with E-state index < -0.39 is 5.97 Å². The van der Waals surface area contributed by atoms with Crippen molar-refractivity contribution in [2.75, 3.05) is 0 Å². The van der Waals surface area contributed by atoms with E-state index in [9.17, 15) is 14.4 Å². The number of carbonyl (C=O) groups excluding carboxylic acids is 2. The zero-order valence-electron chi connectivity index (χ0n) is 14.6. The summed E-state index contributed by atoms with van der Waals surface area (Å²) in [6.07, 6.45) is 10.3. The number of ketones is 2.